The molecule has 0 rings (SSSR count). The summed E-state index contributed by atoms with van der Waals surface area (Å²) in [7, 11) is 0. The van der Waals surface area contributed by atoms with Crippen LogP contribution in [-0.2, 0) is 4.74 Å². The third kappa shape index (κ3) is 7.24. The predicted molar refractivity (Wildman–Crippen MR) is 22.2 cm³/mol. The third-order valence-electron chi connectivity index (χ3n) is 0.480. The van der Waals surface area contributed by atoms with Crippen LogP contribution in [0.1, 0.15) is 6.42 Å². The van der Waals surface area contributed by atoms with Gasteiger partial charge in [-0.05, 0) is 0 Å². The molecule has 52 valence electrons. The van der Waals surface area contributed by atoms with Gasteiger partial charge in [0.1, 0.15) is 0 Å². The summed E-state index contributed by atoms with van der Waals surface area (Å²) in [5.41, 5.74) is 0. The Balaban J connectivity index is 3.20. The summed E-state index contributed by atoms with van der Waals surface area (Å²) in [5.74, 6) is 0. The van der Waals surface area contributed by atoms with E-state index >= 15 is 0 Å². The van der Waals surface area contributed by atoms with Crippen LogP contribution in [0.15, 0.2) is 0 Å². The van der Waals surface area contributed by atoms with Crippen molar-refractivity contribution in [1.29, 1.82) is 5.26 Å². The first kappa shape index (κ1) is 8.24. The van der Waals surface area contributed by atoms with E-state index in [1.165, 1.54) is 6.07 Å². The summed E-state index contributed by atoms with van der Waals surface area (Å²) in [4.78, 5) is 0. The highest BCUT2D eigenvalue weighted by molar-refractivity contribution is 4.67. The molecule has 0 aromatic carbocycles. The van der Waals surface area contributed by atoms with Crippen molar-refractivity contribution in [3.8, 4) is 6.07 Å². The quantitative estimate of drug-likeness (QED) is 0.542. The van der Waals surface area contributed by atoms with E-state index in [0.717, 1.165) is 0 Å². The second kappa shape index (κ2) is 3.30. The number of halogens is 3. The maximum Gasteiger partial charge on any atom is 0.522 e. The topological polar surface area (TPSA) is 33.0 Å². The molecule has 0 saturated heterocycles. The fraction of sp³-hybridized carbons (Fsp3) is 0.750. The number of nitriles is 1. The molecule has 0 unspecified atom stereocenters. The Bertz CT molecular complexity index is 114. The Labute approximate surface area is 49.8 Å². The molecule has 0 radical (unpaired) electrons. The first-order valence-corrected chi connectivity index (χ1v) is 2.14. The van der Waals surface area contributed by atoms with Gasteiger partial charge in [-0.2, -0.15) is 5.26 Å². The fourth-order valence-corrected chi connectivity index (χ4v) is 0.212. The Morgan fingerprint density at radius 1 is 1.44 bits per heavy atom. The predicted octanol–water partition coefficient (Wildman–Crippen LogP) is 1.44. The average molecular weight is 139 g/mol. The second-order valence-corrected chi connectivity index (χ2v) is 1.20. The SMILES string of the molecule is N#CCCOC(F)(F)F. The smallest absolute Gasteiger partial charge is 0.291 e. The van der Waals surface area contributed by atoms with Gasteiger partial charge in [-0.3, -0.25) is 4.74 Å². The van der Waals surface area contributed by atoms with Crippen LogP contribution in [0.3, 0.4) is 0 Å². The minimum absolute atomic E-state index is 0.237. The molecule has 9 heavy (non-hydrogen) atoms. The number of nitrogens with zero attached hydrogens (tertiary/aromatic N) is 1. The Morgan fingerprint density at radius 2 is 2.00 bits per heavy atom. The summed E-state index contributed by atoms with van der Waals surface area (Å²) < 4.78 is 36.4. The Hall–Kier alpha value is -0.760. The van der Waals surface area contributed by atoms with Gasteiger partial charge in [0.2, 0.25) is 0 Å². The van der Waals surface area contributed by atoms with E-state index in [0.29, 0.717) is 0 Å². The van der Waals surface area contributed by atoms with E-state index in [9.17, 15) is 13.2 Å². The molecule has 0 aliphatic carbocycles. The molecule has 0 amide bonds. The number of hydrogen-bond acceptors (Lipinski definition) is 2. The molecule has 0 aliphatic rings. The molecule has 0 N–H and O–H groups in total. The molecule has 0 atom stereocenters. The highest BCUT2D eigenvalue weighted by Crippen LogP contribution is 2.15. The average Bonchev–Trinajstić information content (AvgIpc) is 1.63. The molecule has 0 aromatic heterocycles. The lowest BCUT2D eigenvalue weighted by Crippen LogP contribution is -2.13. The van der Waals surface area contributed by atoms with Crippen LogP contribution in [0.25, 0.3) is 0 Å². The van der Waals surface area contributed by atoms with E-state index in [1.54, 1.807) is 0 Å². The molecule has 0 aromatic rings. The first-order chi connectivity index (χ1) is 4.06. The molecule has 0 aliphatic heterocycles. The van der Waals surface area contributed by atoms with E-state index < -0.39 is 13.0 Å². The maximum absolute atomic E-state index is 11.0. The number of alkyl halides is 3. The van der Waals surface area contributed by atoms with Crippen LogP contribution in [0.4, 0.5) is 13.2 Å². The summed E-state index contributed by atoms with van der Waals surface area (Å²) in [6.07, 6.45) is -4.84. The van der Waals surface area contributed by atoms with Crippen molar-refractivity contribution in [1.82, 2.24) is 0 Å². The number of ether oxygens (including phenoxy) is 1. The standard InChI is InChI=1S/C4H4F3NO/c5-4(6,7)9-3-1-2-8/h1,3H2. The molecular formula is C4H4F3NO. The van der Waals surface area contributed by atoms with Gasteiger partial charge >= 0.3 is 6.36 Å². The molecule has 2 nitrogen and oxygen atoms in total. The van der Waals surface area contributed by atoms with Crippen LogP contribution in [0.2, 0.25) is 0 Å². The van der Waals surface area contributed by atoms with Gasteiger partial charge in [0.15, 0.2) is 0 Å². The minimum atomic E-state index is -4.60. The van der Waals surface area contributed by atoms with Crippen LogP contribution in [0, 0.1) is 11.3 Å². The molecule has 0 heterocycles. The van der Waals surface area contributed by atoms with Gasteiger partial charge in [0.25, 0.3) is 0 Å². The minimum Gasteiger partial charge on any atom is -0.291 e. The zero-order valence-electron chi connectivity index (χ0n) is 4.40. The van der Waals surface area contributed by atoms with Crippen molar-refractivity contribution in [2.24, 2.45) is 0 Å². The number of rotatable bonds is 2. The van der Waals surface area contributed by atoms with Crippen molar-refractivity contribution in [3.05, 3.63) is 0 Å². The molecular weight excluding hydrogens is 135 g/mol. The van der Waals surface area contributed by atoms with Crippen molar-refractivity contribution in [3.63, 3.8) is 0 Å². The summed E-state index contributed by atoms with van der Waals surface area (Å²) in [6, 6.07) is 1.52. The monoisotopic (exact) mass is 139 g/mol. The Kier molecular flexibility index (Phi) is 3.02. The fourth-order valence-electron chi connectivity index (χ4n) is 0.212. The van der Waals surface area contributed by atoms with Gasteiger partial charge in [-0.15, -0.1) is 13.2 Å². The van der Waals surface area contributed by atoms with Crippen molar-refractivity contribution in [2.75, 3.05) is 6.61 Å². The maximum atomic E-state index is 11.0. The van der Waals surface area contributed by atoms with Crippen molar-refractivity contribution < 1.29 is 17.9 Å². The van der Waals surface area contributed by atoms with Gasteiger partial charge in [0.05, 0.1) is 19.1 Å². The normalized spacial score (nSPS) is 10.9. The summed E-state index contributed by atoms with van der Waals surface area (Å²) >= 11 is 0. The molecule has 0 bridgehead atoms. The van der Waals surface area contributed by atoms with Gasteiger partial charge in [-0.1, -0.05) is 0 Å². The first-order valence-electron chi connectivity index (χ1n) is 2.14. The third-order valence-corrected chi connectivity index (χ3v) is 0.480. The van der Waals surface area contributed by atoms with E-state index in [4.69, 9.17) is 5.26 Å². The summed E-state index contributed by atoms with van der Waals surface area (Å²) in [5, 5.41) is 7.77. The van der Waals surface area contributed by atoms with Crippen LogP contribution < -0.4 is 0 Å². The molecule has 5 heteroatoms. The van der Waals surface area contributed by atoms with E-state index in [2.05, 4.69) is 4.74 Å². The molecule has 0 saturated carbocycles. The number of hydrogen-bond donors (Lipinski definition) is 0. The lowest BCUT2D eigenvalue weighted by atomic mass is 10.5. The van der Waals surface area contributed by atoms with Gasteiger partial charge in [0, 0.05) is 0 Å². The van der Waals surface area contributed by atoms with Crippen molar-refractivity contribution in [2.45, 2.75) is 12.8 Å². The zero-order valence-corrected chi connectivity index (χ0v) is 4.40. The highest BCUT2D eigenvalue weighted by Gasteiger charge is 2.28. The Morgan fingerprint density at radius 3 is 2.33 bits per heavy atom. The molecule has 0 fully saturated rings. The lowest BCUT2D eigenvalue weighted by Gasteiger charge is -2.02. The van der Waals surface area contributed by atoms with E-state index in [-0.39, 0.29) is 6.42 Å². The van der Waals surface area contributed by atoms with Gasteiger partial charge in [-0.25, -0.2) is 0 Å². The zero-order chi connectivity index (χ0) is 7.33. The summed E-state index contributed by atoms with van der Waals surface area (Å²) in [6.45, 7) is -0.583. The van der Waals surface area contributed by atoms with Crippen molar-refractivity contribution >= 4 is 0 Å². The second-order valence-electron chi connectivity index (χ2n) is 1.20. The lowest BCUT2D eigenvalue weighted by molar-refractivity contribution is -0.323. The molecule has 0 spiro atoms. The van der Waals surface area contributed by atoms with Crippen LogP contribution in [-0.4, -0.2) is 13.0 Å². The van der Waals surface area contributed by atoms with Crippen LogP contribution >= 0.6 is 0 Å². The van der Waals surface area contributed by atoms with Gasteiger partial charge < -0.3 is 0 Å². The highest BCUT2D eigenvalue weighted by atomic mass is 19.4. The van der Waals surface area contributed by atoms with E-state index in [1.807, 2.05) is 0 Å². The van der Waals surface area contributed by atoms with Crippen LogP contribution in [0.5, 0.6) is 0 Å². The largest absolute Gasteiger partial charge is 0.522 e.